The molecule has 1 amide bonds. The second-order valence-electron chi connectivity index (χ2n) is 8.15. The Balaban J connectivity index is 1.29. The summed E-state index contributed by atoms with van der Waals surface area (Å²) in [6, 6.07) is 12.8. The van der Waals surface area contributed by atoms with Gasteiger partial charge in [-0.1, -0.05) is 29.3 Å². The molecule has 1 saturated heterocycles. The zero-order chi connectivity index (χ0) is 24.3. The van der Waals surface area contributed by atoms with Crippen LogP contribution in [0.25, 0.3) is 0 Å². The summed E-state index contributed by atoms with van der Waals surface area (Å²) in [5.74, 6) is 0.749. The summed E-state index contributed by atoms with van der Waals surface area (Å²) in [6.45, 7) is 3.08. The zero-order valence-corrected chi connectivity index (χ0v) is 21.1. The standard InChI is InChI=1S/C25H27Cl2N3O3S/c26-22-8-3-18(14-23(22)27)15-30-11-9-20(10-12-30)29-25(32)2-1-13-33-21-6-4-19(5-7-21)24(31)16-34-17-28/h3-8,14,20H,1-2,9-13,15-16H2,(H,29,32). The molecule has 0 saturated carbocycles. The molecule has 0 bridgehead atoms. The molecular weight excluding hydrogens is 493 g/mol. The Bertz CT molecular complexity index is 1020. The van der Waals surface area contributed by atoms with E-state index in [0.717, 1.165) is 49.8 Å². The third kappa shape index (κ3) is 8.52. The molecule has 34 heavy (non-hydrogen) atoms. The summed E-state index contributed by atoms with van der Waals surface area (Å²) in [5.41, 5.74) is 1.69. The first-order valence-corrected chi connectivity index (χ1v) is 12.9. The van der Waals surface area contributed by atoms with Crippen molar-refractivity contribution >= 4 is 46.7 Å². The highest BCUT2D eigenvalue weighted by molar-refractivity contribution is 8.04. The lowest BCUT2D eigenvalue weighted by Gasteiger charge is -2.32. The Hall–Kier alpha value is -2.24. The summed E-state index contributed by atoms with van der Waals surface area (Å²) >= 11 is 13.0. The topological polar surface area (TPSA) is 82.4 Å². The van der Waals surface area contributed by atoms with Crippen LogP contribution in [0.4, 0.5) is 0 Å². The largest absolute Gasteiger partial charge is 0.494 e. The van der Waals surface area contributed by atoms with Crippen LogP contribution in [0.15, 0.2) is 42.5 Å². The highest BCUT2D eigenvalue weighted by Gasteiger charge is 2.20. The first-order chi connectivity index (χ1) is 16.4. The number of halogens is 2. The number of benzene rings is 2. The van der Waals surface area contributed by atoms with Crippen molar-refractivity contribution in [2.24, 2.45) is 0 Å². The fourth-order valence-corrected chi connectivity index (χ4v) is 4.46. The minimum absolute atomic E-state index is 0.0440. The Morgan fingerprint density at radius 2 is 1.85 bits per heavy atom. The van der Waals surface area contributed by atoms with Gasteiger partial charge in [0.2, 0.25) is 5.91 Å². The number of Topliss-reactive ketones (excluding diaryl/α,β-unsaturated/α-hetero) is 1. The Morgan fingerprint density at radius 1 is 1.12 bits per heavy atom. The van der Waals surface area contributed by atoms with Gasteiger partial charge in [-0.2, -0.15) is 5.26 Å². The minimum atomic E-state index is -0.0880. The van der Waals surface area contributed by atoms with E-state index in [4.69, 9.17) is 33.2 Å². The van der Waals surface area contributed by atoms with Crippen LogP contribution in [0.5, 0.6) is 5.75 Å². The van der Waals surface area contributed by atoms with Crippen LogP contribution in [0.1, 0.15) is 41.6 Å². The molecule has 0 spiro atoms. The van der Waals surface area contributed by atoms with Crippen molar-refractivity contribution < 1.29 is 14.3 Å². The van der Waals surface area contributed by atoms with E-state index in [9.17, 15) is 9.59 Å². The summed E-state index contributed by atoms with van der Waals surface area (Å²) in [4.78, 5) is 26.5. The van der Waals surface area contributed by atoms with Crippen LogP contribution in [0.3, 0.4) is 0 Å². The van der Waals surface area contributed by atoms with E-state index in [-0.39, 0.29) is 23.5 Å². The first-order valence-electron chi connectivity index (χ1n) is 11.2. The zero-order valence-electron chi connectivity index (χ0n) is 18.8. The molecule has 1 fully saturated rings. The Labute approximate surface area is 214 Å². The van der Waals surface area contributed by atoms with E-state index in [1.807, 2.05) is 23.6 Å². The SMILES string of the molecule is N#CSCC(=O)c1ccc(OCCCC(=O)NC2CCN(Cc3ccc(Cl)c(Cl)c3)CC2)cc1. The molecule has 0 atom stereocenters. The van der Waals surface area contributed by atoms with E-state index >= 15 is 0 Å². The molecule has 9 heteroatoms. The highest BCUT2D eigenvalue weighted by atomic mass is 35.5. The maximum absolute atomic E-state index is 12.3. The molecule has 1 aliphatic heterocycles. The molecule has 1 heterocycles. The Kier molecular flexibility index (Phi) is 10.5. The normalized spacial score (nSPS) is 14.4. The number of nitriles is 1. The molecule has 3 rings (SSSR count). The number of nitrogens with one attached hydrogen (secondary N) is 1. The second kappa shape index (κ2) is 13.6. The number of hydrogen-bond donors (Lipinski definition) is 1. The average molecular weight is 520 g/mol. The summed E-state index contributed by atoms with van der Waals surface area (Å²) in [6.07, 6.45) is 2.86. The van der Waals surface area contributed by atoms with E-state index in [0.29, 0.717) is 40.8 Å². The number of thioether (sulfide) groups is 1. The molecular formula is C25H27Cl2N3O3S. The molecule has 0 radical (unpaired) electrons. The summed E-state index contributed by atoms with van der Waals surface area (Å²) in [5, 5.41) is 14.7. The third-order valence-corrected chi connectivity index (χ3v) is 6.88. The highest BCUT2D eigenvalue weighted by Crippen LogP contribution is 2.24. The van der Waals surface area contributed by atoms with Gasteiger partial charge in [0.25, 0.3) is 0 Å². The number of hydrogen-bond acceptors (Lipinski definition) is 6. The first kappa shape index (κ1) is 26.4. The van der Waals surface area contributed by atoms with Gasteiger partial charge in [-0.3, -0.25) is 14.5 Å². The third-order valence-electron chi connectivity index (χ3n) is 5.60. The summed E-state index contributed by atoms with van der Waals surface area (Å²) < 4.78 is 5.68. The fourth-order valence-electron chi connectivity index (χ4n) is 3.77. The van der Waals surface area contributed by atoms with Crippen LogP contribution in [-0.4, -0.2) is 48.1 Å². The average Bonchev–Trinajstić information content (AvgIpc) is 2.84. The van der Waals surface area contributed by atoms with Crippen molar-refractivity contribution in [2.45, 2.75) is 38.3 Å². The molecule has 1 aliphatic rings. The number of thiocyanates is 1. The van der Waals surface area contributed by atoms with Gasteiger partial charge < -0.3 is 10.1 Å². The van der Waals surface area contributed by atoms with Crippen molar-refractivity contribution in [1.82, 2.24) is 10.2 Å². The van der Waals surface area contributed by atoms with Gasteiger partial charge in [0, 0.05) is 37.7 Å². The lowest BCUT2D eigenvalue weighted by Crippen LogP contribution is -2.44. The number of amides is 1. The smallest absolute Gasteiger partial charge is 0.220 e. The number of rotatable bonds is 11. The van der Waals surface area contributed by atoms with Crippen molar-refractivity contribution in [3.8, 4) is 11.2 Å². The minimum Gasteiger partial charge on any atom is -0.494 e. The monoisotopic (exact) mass is 519 g/mol. The van der Waals surface area contributed by atoms with Gasteiger partial charge >= 0.3 is 0 Å². The molecule has 0 aliphatic carbocycles. The van der Waals surface area contributed by atoms with Gasteiger partial charge in [-0.25, -0.2) is 0 Å². The van der Waals surface area contributed by atoms with Crippen LogP contribution in [0, 0.1) is 10.7 Å². The van der Waals surface area contributed by atoms with Crippen molar-refractivity contribution in [3.05, 3.63) is 63.6 Å². The van der Waals surface area contributed by atoms with Gasteiger partial charge in [-0.15, -0.1) is 0 Å². The summed E-state index contributed by atoms with van der Waals surface area (Å²) in [7, 11) is 0. The molecule has 2 aromatic carbocycles. The molecule has 6 nitrogen and oxygen atoms in total. The quantitative estimate of drug-likeness (QED) is 0.245. The number of piperidine rings is 1. The van der Waals surface area contributed by atoms with Crippen LogP contribution >= 0.6 is 35.0 Å². The van der Waals surface area contributed by atoms with E-state index in [1.54, 1.807) is 24.3 Å². The van der Waals surface area contributed by atoms with Gasteiger partial charge in [-0.05, 0) is 73.0 Å². The van der Waals surface area contributed by atoms with E-state index < -0.39 is 0 Å². The van der Waals surface area contributed by atoms with Gasteiger partial charge in [0.05, 0.1) is 22.4 Å². The lowest BCUT2D eigenvalue weighted by molar-refractivity contribution is -0.122. The number of nitrogens with zero attached hydrogens (tertiary/aromatic N) is 2. The number of carbonyl (C=O) groups is 2. The number of ketones is 1. The Morgan fingerprint density at radius 3 is 2.53 bits per heavy atom. The molecule has 0 aromatic heterocycles. The lowest BCUT2D eigenvalue weighted by atomic mass is 10.0. The number of ether oxygens (including phenoxy) is 1. The number of likely N-dealkylation sites (tertiary alicyclic amines) is 1. The van der Waals surface area contributed by atoms with E-state index in [2.05, 4.69) is 10.2 Å². The van der Waals surface area contributed by atoms with Gasteiger partial charge in [0.1, 0.15) is 11.2 Å². The van der Waals surface area contributed by atoms with Crippen LogP contribution in [0.2, 0.25) is 10.0 Å². The van der Waals surface area contributed by atoms with Crippen molar-refractivity contribution in [2.75, 3.05) is 25.4 Å². The number of carbonyl (C=O) groups excluding carboxylic acids is 2. The van der Waals surface area contributed by atoms with Crippen LogP contribution < -0.4 is 10.1 Å². The van der Waals surface area contributed by atoms with Crippen molar-refractivity contribution in [1.29, 1.82) is 5.26 Å². The maximum atomic E-state index is 12.3. The molecule has 1 N–H and O–H groups in total. The molecule has 2 aromatic rings. The molecule has 180 valence electrons. The van der Waals surface area contributed by atoms with Gasteiger partial charge in [0.15, 0.2) is 5.78 Å². The fraction of sp³-hybridized carbons (Fsp3) is 0.400. The maximum Gasteiger partial charge on any atom is 0.220 e. The predicted octanol–water partition coefficient (Wildman–Crippen LogP) is 5.33. The second-order valence-corrected chi connectivity index (χ2v) is 9.72. The molecule has 0 unspecified atom stereocenters. The van der Waals surface area contributed by atoms with E-state index in [1.165, 1.54) is 0 Å². The van der Waals surface area contributed by atoms with Crippen molar-refractivity contribution in [3.63, 3.8) is 0 Å². The predicted molar refractivity (Wildman–Crippen MR) is 136 cm³/mol. The van der Waals surface area contributed by atoms with Crippen LogP contribution in [-0.2, 0) is 11.3 Å².